The highest BCUT2D eigenvalue weighted by atomic mass is 35.5. The van der Waals surface area contributed by atoms with E-state index >= 15 is 0 Å². The van der Waals surface area contributed by atoms with Gasteiger partial charge in [-0.2, -0.15) is 8.42 Å². The van der Waals surface area contributed by atoms with Gasteiger partial charge in [-0.15, -0.1) is 6.42 Å². The van der Waals surface area contributed by atoms with E-state index in [2.05, 4.69) is 11.2 Å². The molecule has 0 fully saturated rings. The van der Waals surface area contributed by atoms with Gasteiger partial charge in [-0.05, 0) is 24.3 Å². The van der Waals surface area contributed by atoms with E-state index in [0.29, 0.717) is 21.8 Å². The average molecular weight is 352 g/mol. The summed E-state index contributed by atoms with van der Waals surface area (Å²) < 4.78 is 40.2. The molecule has 7 heteroatoms. The van der Waals surface area contributed by atoms with Crippen LogP contribution in [0, 0.1) is 18.2 Å². The van der Waals surface area contributed by atoms with Crippen LogP contribution in [0.15, 0.2) is 36.4 Å². The van der Waals surface area contributed by atoms with Crippen LogP contribution in [0.25, 0.3) is 0 Å². The smallest absolute Gasteiger partial charge is 0.307 e. The van der Waals surface area contributed by atoms with Crippen LogP contribution in [-0.2, 0) is 10.0 Å². The second-order valence-electron chi connectivity index (χ2n) is 5.19. The molecule has 118 valence electrons. The minimum Gasteiger partial charge on any atom is -0.383 e. The molecule has 23 heavy (non-hydrogen) atoms. The van der Waals surface area contributed by atoms with Gasteiger partial charge in [0.2, 0.25) is 0 Å². The van der Waals surface area contributed by atoms with E-state index in [1.165, 1.54) is 12.1 Å². The lowest BCUT2D eigenvalue weighted by Gasteiger charge is -2.10. The highest BCUT2D eigenvalue weighted by Gasteiger charge is 2.37. The van der Waals surface area contributed by atoms with Crippen molar-refractivity contribution in [3.05, 3.63) is 58.4 Å². The van der Waals surface area contributed by atoms with Crippen molar-refractivity contribution in [1.29, 1.82) is 0 Å². The van der Waals surface area contributed by atoms with Crippen molar-refractivity contribution < 1.29 is 17.5 Å². The van der Waals surface area contributed by atoms with E-state index in [1.807, 2.05) is 0 Å². The molecule has 0 aromatic heterocycles. The number of rotatable bonds is 3. The molecule has 1 heterocycles. The summed E-state index contributed by atoms with van der Waals surface area (Å²) in [6.07, 6.45) is 5.20. The standard InChI is InChI=1S/C16H12ClFN2O2S/c1-2-10-3-6-14(13(18)7-10)20-23(21,22)16-9-19-15-8-11(17)4-5-12(15)16/h1,3-8,16,19-20H,9H2/p+1. The Morgan fingerprint density at radius 3 is 2.78 bits per heavy atom. The molecule has 4 nitrogen and oxygen atoms in total. The summed E-state index contributed by atoms with van der Waals surface area (Å²) in [6, 6.07) is 9.00. The molecule has 0 saturated heterocycles. The minimum atomic E-state index is -3.70. The number of nitrogens with one attached hydrogen (secondary N) is 1. The normalized spacial score (nSPS) is 16.5. The van der Waals surface area contributed by atoms with Gasteiger partial charge in [0.1, 0.15) is 0 Å². The predicted octanol–water partition coefficient (Wildman–Crippen LogP) is 2.15. The Morgan fingerprint density at radius 1 is 1.30 bits per heavy atom. The molecule has 0 saturated carbocycles. The fourth-order valence-electron chi connectivity index (χ4n) is 2.54. The van der Waals surface area contributed by atoms with Gasteiger partial charge in [0.25, 0.3) is 0 Å². The maximum Gasteiger partial charge on any atom is 0.307 e. The molecule has 1 unspecified atom stereocenters. The number of fused-ring (bicyclic) bond motifs is 1. The van der Waals surface area contributed by atoms with Gasteiger partial charge in [-0.25, -0.2) is 9.11 Å². The van der Waals surface area contributed by atoms with Gasteiger partial charge in [0.15, 0.2) is 16.8 Å². The highest BCUT2D eigenvalue weighted by Crippen LogP contribution is 2.35. The van der Waals surface area contributed by atoms with Gasteiger partial charge in [-0.3, -0.25) is 0 Å². The number of sulfonamides is 1. The van der Waals surface area contributed by atoms with Crippen molar-refractivity contribution >= 4 is 33.0 Å². The third-order valence-corrected chi connectivity index (χ3v) is 5.73. The van der Waals surface area contributed by atoms with Gasteiger partial charge in [0.05, 0.1) is 0 Å². The molecule has 1 aliphatic heterocycles. The van der Waals surface area contributed by atoms with Crippen LogP contribution >= 0.6 is 11.6 Å². The fourth-order valence-corrected chi connectivity index (χ4v) is 4.30. The van der Waals surface area contributed by atoms with Crippen LogP contribution in [0.4, 0.5) is 15.8 Å². The number of terminal acetylenes is 1. The van der Waals surface area contributed by atoms with Crippen molar-refractivity contribution in [3.63, 3.8) is 0 Å². The second kappa shape index (κ2) is 5.85. The number of hydrogen-bond donors (Lipinski definition) is 2. The van der Waals surface area contributed by atoms with E-state index in [9.17, 15) is 12.8 Å². The summed E-state index contributed by atoms with van der Waals surface area (Å²) >= 11 is 5.90. The maximum atomic E-state index is 14.0. The lowest BCUT2D eigenvalue weighted by molar-refractivity contribution is -0.401. The summed E-state index contributed by atoms with van der Waals surface area (Å²) in [5, 5.41) is 2.76. The lowest BCUT2D eigenvalue weighted by Crippen LogP contribution is -2.83. The Hall–Kier alpha value is -2.07. The summed E-state index contributed by atoms with van der Waals surface area (Å²) in [5.74, 6) is 1.64. The molecule has 1 atom stereocenters. The van der Waals surface area contributed by atoms with Gasteiger partial charge in [-0.1, -0.05) is 23.6 Å². The van der Waals surface area contributed by atoms with Gasteiger partial charge >= 0.3 is 10.0 Å². The second-order valence-corrected chi connectivity index (χ2v) is 7.61. The van der Waals surface area contributed by atoms with E-state index in [0.717, 1.165) is 10.8 Å². The summed E-state index contributed by atoms with van der Waals surface area (Å²) in [4.78, 5) is 0. The van der Waals surface area contributed by atoms with Gasteiger partial charge in [0, 0.05) is 34.4 Å². The number of hydrogen-bond acceptors (Lipinski definition) is 3. The van der Waals surface area contributed by atoms with E-state index in [4.69, 9.17) is 18.0 Å². The minimum absolute atomic E-state index is 0.00795. The monoisotopic (exact) mass is 351 g/mol. The highest BCUT2D eigenvalue weighted by molar-refractivity contribution is 7.85. The summed E-state index contributed by atoms with van der Waals surface area (Å²) in [5.41, 5.74) is 1.67. The van der Waals surface area contributed by atoms with E-state index in [1.54, 1.807) is 18.2 Å². The molecule has 0 amide bonds. The van der Waals surface area contributed by atoms with Crippen LogP contribution in [0.5, 0.6) is 0 Å². The fraction of sp³-hybridized carbons (Fsp3) is 0.125. The molecule has 0 bridgehead atoms. The topological polar surface area (TPSA) is 62.8 Å². The number of primary sulfonamides is 1. The zero-order chi connectivity index (χ0) is 16.6. The molecular weight excluding hydrogens is 339 g/mol. The number of benzene rings is 2. The average Bonchev–Trinajstić information content (AvgIpc) is 2.93. The Bertz CT molecular complexity index is 922. The number of nitrogens with two attached hydrogens (primary N) is 1. The Labute approximate surface area is 138 Å². The Kier molecular flexibility index (Phi) is 4.02. The molecule has 3 N–H and O–H groups in total. The molecule has 2 aromatic carbocycles. The van der Waals surface area contributed by atoms with Crippen molar-refractivity contribution in [1.82, 2.24) is 0 Å². The first kappa shape index (κ1) is 15.8. The molecule has 0 radical (unpaired) electrons. The van der Waals surface area contributed by atoms with Crippen LogP contribution in [0.2, 0.25) is 5.02 Å². The van der Waals surface area contributed by atoms with Crippen LogP contribution in [0.1, 0.15) is 16.4 Å². The molecule has 0 aliphatic carbocycles. The first-order valence-electron chi connectivity index (χ1n) is 6.79. The Morgan fingerprint density at radius 2 is 2.09 bits per heavy atom. The van der Waals surface area contributed by atoms with Crippen molar-refractivity contribution in [3.8, 4) is 12.3 Å². The van der Waals surface area contributed by atoms with Gasteiger partial charge < -0.3 is 5.32 Å². The zero-order valence-electron chi connectivity index (χ0n) is 11.9. The number of anilines is 1. The quantitative estimate of drug-likeness (QED) is 0.658. The maximum absolute atomic E-state index is 14.0. The van der Waals surface area contributed by atoms with Crippen LogP contribution in [-0.4, -0.2) is 15.0 Å². The van der Waals surface area contributed by atoms with Crippen LogP contribution < -0.4 is 10.0 Å². The predicted molar refractivity (Wildman–Crippen MR) is 87.5 cm³/mol. The summed E-state index contributed by atoms with van der Waals surface area (Å²) in [7, 11) is -3.70. The number of halogens is 2. The Balaban J connectivity index is 1.91. The first-order valence-corrected chi connectivity index (χ1v) is 8.77. The number of quaternary nitrogens is 1. The SMILES string of the molecule is C#Cc1ccc([NH2+]S(=O)(=O)C2CNc3cc(Cl)ccc32)c(F)c1. The third kappa shape index (κ3) is 3.04. The molecular formula is C16H13ClFN2O2S+. The van der Waals surface area contributed by atoms with E-state index in [-0.39, 0.29) is 12.2 Å². The zero-order valence-corrected chi connectivity index (χ0v) is 13.5. The van der Waals surface area contributed by atoms with Crippen molar-refractivity contribution in [2.24, 2.45) is 0 Å². The molecule has 0 spiro atoms. The summed E-state index contributed by atoms with van der Waals surface area (Å²) in [6.45, 7) is 0.221. The lowest BCUT2D eigenvalue weighted by atomic mass is 10.2. The largest absolute Gasteiger partial charge is 0.383 e. The third-order valence-electron chi connectivity index (χ3n) is 3.70. The first-order chi connectivity index (χ1) is 10.9. The van der Waals surface area contributed by atoms with E-state index < -0.39 is 21.1 Å². The molecule has 3 rings (SSSR count). The van der Waals surface area contributed by atoms with Crippen LogP contribution in [0.3, 0.4) is 0 Å². The van der Waals surface area contributed by atoms with Crippen molar-refractivity contribution in [2.45, 2.75) is 5.25 Å². The van der Waals surface area contributed by atoms with Crippen molar-refractivity contribution in [2.75, 3.05) is 11.9 Å². The molecule has 1 aliphatic rings. The molecule has 2 aromatic rings.